The average Bonchev–Trinajstić information content (AvgIpc) is 2.49. The molecule has 0 aromatic heterocycles. The van der Waals surface area contributed by atoms with Gasteiger partial charge in [-0.05, 0) is 48.6 Å². The molecule has 1 aromatic rings. The smallest absolute Gasteiger partial charge is 0.0637 e. The molecular formula is C18H25Si. The predicted molar refractivity (Wildman–Crippen MR) is 83.5 cm³/mol. The van der Waals surface area contributed by atoms with Gasteiger partial charge in [0.15, 0.2) is 0 Å². The molecule has 0 N–H and O–H groups in total. The maximum atomic E-state index is 3.91. The molecule has 0 spiro atoms. The summed E-state index contributed by atoms with van der Waals surface area (Å²) in [7, 11) is 3.91. The first-order valence-corrected chi connectivity index (χ1v) is 8.70. The van der Waals surface area contributed by atoms with Crippen LogP contribution in [0.4, 0.5) is 0 Å². The van der Waals surface area contributed by atoms with Gasteiger partial charge >= 0.3 is 0 Å². The zero-order chi connectivity index (χ0) is 13.1. The van der Waals surface area contributed by atoms with E-state index in [4.69, 9.17) is 0 Å². The molecule has 3 radical (unpaired) electrons. The van der Waals surface area contributed by atoms with E-state index in [1.54, 1.807) is 11.1 Å². The Hall–Kier alpha value is -0.563. The second-order valence-corrected chi connectivity index (χ2v) is 7.02. The first-order valence-electron chi connectivity index (χ1n) is 8.20. The lowest BCUT2D eigenvalue weighted by Gasteiger charge is -2.31. The van der Waals surface area contributed by atoms with Crippen molar-refractivity contribution in [3.05, 3.63) is 29.3 Å². The molecule has 3 rings (SSSR count). The van der Waals surface area contributed by atoms with Crippen LogP contribution in [0, 0.1) is 0 Å². The van der Waals surface area contributed by atoms with Crippen molar-refractivity contribution in [3.8, 4) is 0 Å². The highest BCUT2D eigenvalue weighted by molar-refractivity contribution is 6.33. The molecule has 0 bridgehead atoms. The van der Waals surface area contributed by atoms with Gasteiger partial charge in [-0.25, -0.2) is 0 Å². The Kier molecular flexibility index (Phi) is 4.42. The SMILES string of the molecule is [Si]c1cccc(C2CCCCC2)c1C1CCCCC1. The van der Waals surface area contributed by atoms with E-state index in [0.717, 1.165) is 11.8 Å². The summed E-state index contributed by atoms with van der Waals surface area (Å²) in [6.45, 7) is 0. The van der Waals surface area contributed by atoms with Gasteiger partial charge in [-0.1, -0.05) is 61.9 Å². The van der Waals surface area contributed by atoms with Gasteiger partial charge in [0, 0.05) is 0 Å². The lowest BCUT2D eigenvalue weighted by molar-refractivity contribution is 0.420. The van der Waals surface area contributed by atoms with Crippen LogP contribution < -0.4 is 5.19 Å². The van der Waals surface area contributed by atoms with Gasteiger partial charge in [0.05, 0.1) is 10.2 Å². The molecule has 0 unspecified atom stereocenters. The fourth-order valence-electron chi connectivity index (χ4n) is 4.20. The van der Waals surface area contributed by atoms with Crippen molar-refractivity contribution in [2.75, 3.05) is 0 Å². The monoisotopic (exact) mass is 269 g/mol. The van der Waals surface area contributed by atoms with Crippen molar-refractivity contribution in [2.45, 2.75) is 76.0 Å². The topological polar surface area (TPSA) is 0 Å². The van der Waals surface area contributed by atoms with Crippen molar-refractivity contribution in [1.29, 1.82) is 0 Å². The van der Waals surface area contributed by atoms with E-state index < -0.39 is 0 Å². The van der Waals surface area contributed by atoms with Gasteiger partial charge in [0.1, 0.15) is 0 Å². The number of hydrogen-bond donors (Lipinski definition) is 0. The molecule has 0 amide bonds. The highest BCUT2D eigenvalue weighted by Gasteiger charge is 2.24. The van der Waals surface area contributed by atoms with Crippen molar-refractivity contribution < 1.29 is 0 Å². The number of hydrogen-bond acceptors (Lipinski definition) is 0. The van der Waals surface area contributed by atoms with E-state index in [-0.39, 0.29) is 0 Å². The second-order valence-electron chi connectivity index (χ2n) is 6.48. The molecule has 19 heavy (non-hydrogen) atoms. The molecular weight excluding hydrogens is 244 g/mol. The second kappa shape index (κ2) is 6.26. The van der Waals surface area contributed by atoms with Gasteiger partial charge in [0.25, 0.3) is 0 Å². The molecule has 101 valence electrons. The van der Waals surface area contributed by atoms with Crippen LogP contribution in [-0.4, -0.2) is 10.2 Å². The molecule has 1 heteroatoms. The van der Waals surface area contributed by atoms with Crippen LogP contribution >= 0.6 is 0 Å². The Balaban J connectivity index is 1.91. The Morgan fingerprint density at radius 2 is 1.32 bits per heavy atom. The Morgan fingerprint density at radius 1 is 0.737 bits per heavy atom. The lowest BCUT2D eigenvalue weighted by atomic mass is 9.76. The minimum absolute atomic E-state index is 0.819. The highest BCUT2D eigenvalue weighted by Crippen LogP contribution is 2.40. The number of benzene rings is 1. The third kappa shape index (κ3) is 2.96. The maximum absolute atomic E-state index is 3.91. The predicted octanol–water partition coefficient (Wildman–Crippen LogP) is 4.58. The quantitative estimate of drug-likeness (QED) is 0.690. The first-order chi connectivity index (χ1) is 9.36. The fraction of sp³-hybridized carbons (Fsp3) is 0.667. The Morgan fingerprint density at radius 3 is 1.95 bits per heavy atom. The zero-order valence-electron chi connectivity index (χ0n) is 12.0. The molecule has 0 atom stereocenters. The largest absolute Gasteiger partial charge is 0.0715 e. The van der Waals surface area contributed by atoms with Crippen molar-refractivity contribution in [2.24, 2.45) is 0 Å². The van der Waals surface area contributed by atoms with Crippen molar-refractivity contribution >= 4 is 15.4 Å². The summed E-state index contributed by atoms with van der Waals surface area (Å²) in [5.74, 6) is 1.65. The van der Waals surface area contributed by atoms with Crippen LogP contribution in [-0.2, 0) is 0 Å². The van der Waals surface area contributed by atoms with Gasteiger partial charge in [-0.2, -0.15) is 0 Å². The molecule has 2 fully saturated rings. The fourth-order valence-corrected chi connectivity index (χ4v) is 4.64. The third-order valence-electron chi connectivity index (χ3n) is 5.20. The van der Waals surface area contributed by atoms with Gasteiger partial charge in [-0.15, -0.1) is 0 Å². The molecule has 2 aliphatic carbocycles. The molecule has 0 saturated heterocycles. The van der Waals surface area contributed by atoms with E-state index >= 15 is 0 Å². The Bertz CT molecular complexity index is 412. The molecule has 0 aliphatic heterocycles. The van der Waals surface area contributed by atoms with Crippen LogP contribution in [0.15, 0.2) is 18.2 Å². The van der Waals surface area contributed by atoms with Crippen LogP contribution in [0.5, 0.6) is 0 Å². The van der Waals surface area contributed by atoms with E-state index in [1.165, 1.54) is 69.4 Å². The van der Waals surface area contributed by atoms with Crippen LogP contribution in [0.2, 0.25) is 0 Å². The normalized spacial score (nSPS) is 22.6. The van der Waals surface area contributed by atoms with E-state index in [0.29, 0.717) is 0 Å². The van der Waals surface area contributed by atoms with Gasteiger partial charge in [-0.3, -0.25) is 0 Å². The van der Waals surface area contributed by atoms with Crippen LogP contribution in [0.25, 0.3) is 0 Å². The minimum atomic E-state index is 0.819. The van der Waals surface area contributed by atoms with Crippen LogP contribution in [0.1, 0.15) is 87.2 Å². The zero-order valence-corrected chi connectivity index (χ0v) is 13.0. The summed E-state index contributed by atoms with van der Waals surface area (Å²) in [6, 6.07) is 6.93. The number of rotatable bonds is 2. The average molecular weight is 269 g/mol. The van der Waals surface area contributed by atoms with E-state index in [1.807, 2.05) is 0 Å². The lowest BCUT2D eigenvalue weighted by Crippen LogP contribution is -2.21. The minimum Gasteiger partial charge on any atom is -0.0637 e. The summed E-state index contributed by atoms with van der Waals surface area (Å²) < 4.78 is 0. The molecule has 2 saturated carbocycles. The first kappa shape index (κ1) is 13.4. The Labute approximate surface area is 121 Å². The summed E-state index contributed by atoms with van der Waals surface area (Å²) in [4.78, 5) is 0. The van der Waals surface area contributed by atoms with E-state index in [2.05, 4.69) is 28.4 Å². The van der Waals surface area contributed by atoms with E-state index in [9.17, 15) is 0 Å². The highest BCUT2D eigenvalue weighted by atomic mass is 28.1. The third-order valence-corrected chi connectivity index (χ3v) is 5.63. The van der Waals surface area contributed by atoms with Crippen LogP contribution in [0.3, 0.4) is 0 Å². The molecule has 1 aromatic carbocycles. The summed E-state index contributed by atoms with van der Waals surface area (Å²) in [6.07, 6.45) is 14.2. The molecule has 0 heterocycles. The summed E-state index contributed by atoms with van der Waals surface area (Å²) in [5, 5.41) is 1.37. The standard InChI is InChI=1S/C18H25Si/c19-17-13-7-12-16(14-8-3-1-4-9-14)18(17)15-10-5-2-6-11-15/h7,12-15H,1-6,8-11H2. The van der Waals surface area contributed by atoms with Crippen molar-refractivity contribution in [3.63, 3.8) is 0 Å². The van der Waals surface area contributed by atoms with Crippen molar-refractivity contribution in [1.82, 2.24) is 0 Å². The van der Waals surface area contributed by atoms with Gasteiger partial charge in [0.2, 0.25) is 0 Å². The summed E-state index contributed by atoms with van der Waals surface area (Å²) in [5.41, 5.74) is 3.35. The molecule has 2 aliphatic rings. The van der Waals surface area contributed by atoms with Gasteiger partial charge < -0.3 is 0 Å². The summed E-state index contributed by atoms with van der Waals surface area (Å²) >= 11 is 0. The molecule has 0 nitrogen and oxygen atoms in total. The maximum Gasteiger partial charge on any atom is 0.0715 e.